The van der Waals surface area contributed by atoms with Crippen LogP contribution in [-0.4, -0.2) is 16.0 Å². The first-order valence-electron chi connectivity index (χ1n) is 4.98. The number of nitrogens with one attached hydrogen (secondary N) is 1. The van der Waals surface area contributed by atoms with Crippen LogP contribution in [0.1, 0.15) is 10.5 Å². The van der Waals surface area contributed by atoms with E-state index in [-0.39, 0.29) is 22.4 Å². The number of benzene rings is 1. The third-order valence-electron chi connectivity index (χ3n) is 2.18. The Kier molecular flexibility index (Phi) is 3.84. The van der Waals surface area contributed by atoms with Gasteiger partial charge in [0.25, 0.3) is 5.91 Å². The van der Waals surface area contributed by atoms with E-state index in [2.05, 4.69) is 26.2 Å². The molecule has 2 aromatic rings. The molecule has 0 aliphatic carbocycles. The van der Waals surface area contributed by atoms with E-state index >= 15 is 0 Å². The maximum absolute atomic E-state index is 11.9. The van der Waals surface area contributed by atoms with Gasteiger partial charge in [0.1, 0.15) is 11.4 Å². The number of aromatic nitrogens is 1. The fourth-order valence-corrected chi connectivity index (χ4v) is 1.94. The summed E-state index contributed by atoms with van der Waals surface area (Å²) in [5.41, 5.74) is 0.766. The van der Waals surface area contributed by atoms with E-state index in [1.54, 1.807) is 18.2 Å². The summed E-state index contributed by atoms with van der Waals surface area (Å²) in [7, 11) is 0. The average Bonchev–Trinajstić information content (AvgIpc) is 2.34. The van der Waals surface area contributed by atoms with Gasteiger partial charge >= 0.3 is 0 Å². The number of hydrogen-bond acceptors (Lipinski definition) is 3. The highest BCUT2D eigenvalue weighted by molar-refractivity contribution is 9.10. The topological polar surface area (TPSA) is 62.2 Å². The molecule has 0 radical (unpaired) electrons. The van der Waals surface area contributed by atoms with Gasteiger partial charge < -0.3 is 10.4 Å². The third kappa shape index (κ3) is 2.80. The molecule has 0 aliphatic rings. The minimum Gasteiger partial charge on any atom is -0.506 e. The van der Waals surface area contributed by atoms with Gasteiger partial charge in [-0.3, -0.25) is 4.79 Å². The normalized spacial score (nSPS) is 10.1. The molecule has 0 atom stereocenters. The molecule has 1 aromatic carbocycles. The number of halogens is 2. The Bertz CT molecular complexity index is 604. The monoisotopic (exact) mass is 326 g/mol. The summed E-state index contributed by atoms with van der Waals surface area (Å²) >= 11 is 9.00. The quantitative estimate of drug-likeness (QED) is 0.830. The number of phenolic OH excluding ortho intramolecular Hbond substituents is 1. The maximum atomic E-state index is 11.9. The molecule has 6 heteroatoms. The Morgan fingerprint density at radius 2 is 2.17 bits per heavy atom. The van der Waals surface area contributed by atoms with Crippen molar-refractivity contribution in [3.05, 3.63) is 51.7 Å². The highest BCUT2D eigenvalue weighted by atomic mass is 79.9. The van der Waals surface area contributed by atoms with Gasteiger partial charge in [0.05, 0.1) is 5.02 Å². The molecule has 1 heterocycles. The molecule has 4 nitrogen and oxygen atoms in total. The lowest BCUT2D eigenvalue weighted by Crippen LogP contribution is -2.14. The van der Waals surface area contributed by atoms with Crippen LogP contribution in [-0.2, 0) is 0 Å². The number of nitrogens with zero attached hydrogens (tertiary/aromatic N) is 1. The molecule has 0 aliphatic heterocycles. The number of hydrogen-bond donors (Lipinski definition) is 2. The van der Waals surface area contributed by atoms with Gasteiger partial charge in [-0.2, -0.15) is 0 Å². The van der Waals surface area contributed by atoms with Crippen molar-refractivity contribution in [2.75, 3.05) is 5.32 Å². The molecule has 0 unspecified atom stereocenters. The largest absolute Gasteiger partial charge is 0.506 e. The first-order chi connectivity index (χ1) is 8.58. The molecule has 18 heavy (non-hydrogen) atoms. The summed E-state index contributed by atoms with van der Waals surface area (Å²) in [6.07, 6.45) is 1.53. The molecule has 0 bridgehead atoms. The molecule has 92 valence electrons. The van der Waals surface area contributed by atoms with Crippen molar-refractivity contribution in [2.24, 2.45) is 0 Å². The number of carbonyl (C=O) groups excluding carboxylic acids is 1. The zero-order valence-corrected chi connectivity index (χ0v) is 11.4. The molecule has 1 aromatic heterocycles. The van der Waals surface area contributed by atoms with Crippen LogP contribution >= 0.6 is 27.5 Å². The predicted molar refractivity (Wildman–Crippen MR) is 73.0 cm³/mol. The molecule has 2 N–H and O–H groups in total. The van der Waals surface area contributed by atoms with Crippen molar-refractivity contribution in [3.8, 4) is 5.75 Å². The molecule has 0 saturated carbocycles. The van der Waals surface area contributed by atoms with Crippen LogP contribution in [0.25, 0.3) is 0 Å². The number of phenols is 1. The van der Waals surface area contributed by atoms with E-state index < -0.39 is 0 Å². The highest BCUT2D eigenvalue weighted by Gasteiger charge is 2.11. The number of amides is 1. The van der Waals surface area contributed by atoms with Crippen molar-refractivity contribution in [2.45, 2.75) is 0 Å². The van der Waals surface area contributed by atoms with Crippen molar-refractivity contribution in [1.82, 2.24) is 4.98 Å². The smallest absolute Gasteiger partial charge is 0.275 e. The summed E-state index contributed by atoms with van der Waals surface area (Å²) in [5, 5.41) is 12.1. The fraction of sp³-hybridized carbons (Fsp3) is 0. The fourth-order valence-electron chi connectivity index (χ4n) is 1.33. The highest BCUT2D eigenvalue weighted by Crippen LogP contribution is 2.26. The first-order valence-corrected chi connectivity index (χ1v) is 6.15. The number of anilines is 1. The van der Waals surface area contributed by atoms with Crippen molar-refractivity contribution < 1.29 is 9.90 Å². The Labute approximate surface area is 117 Å². The molecule has 0 saturated heterocycles. The lowest BCUT2D eigenvalue weighted by Gasteiger charge is -2.06. The van der Waals surface area contributed by atoms with E-state index in [4.69, 9.17) is 11.6 Å². The summed E-state index contributed by atoms with van der Waals surface area (Å²) in [6, 6.07) is 7.87. The van der Waals surface area contributed by atoms with E-state index in [0.717, 1.165) is 0 Å². The Balaban J connectivity index is 2.22. The van der Waals surface area contributed by atoms with Crippen LogP contribution in [0.3, 0.4) is 0 Å². The van der Waals surface area contributed by atoms with Gasteiger partial charge in [-0.25, -0.2) is 4.98 Å². The Hall–Kier alpha value is -1.59. The van der Waals surface area contributed by atoms with E-state index in [1.165, 1.54) is 18.3 Å². The van der Waals surface area contributed by atoms with E-state index in [1.807, 2.05) is 0 Å². The second-order valence-corrected chi connectivity index (χ2v) is 4.72. The zero-order chi connectivity index (χ0) is 13.1. The summed E-state index contributed by atoms with van der Waals surface area (Å²) in [4.78, 5) is 15.9. The second-order valence-electron chi connectivity index (χ2n) is 3.45. The van der Waals surface area contributed by atoms with Gasteiger partial charge in [0.2, 0.25) is 0 Å². The Morgan fingerprint density at radius 3 is 2.83 bits per heavy atom. The van der Waals surface area contributed by atoms with Crippen molar-refractivity contribution in [1.29, 1.82) is 0 Å². The Morgan fingerprint density at radius 1 is 1.39 bits per heavy atom. The lowest BCUT2D eigenvalue weighted by molar-refractivity contribution is 0.102. The maximum Gasteiger partial charge on any atom is 0.275 e. The standard InChI is InChI=1S/C12H8BrClN2O2/c13-8-2-1-5-15-11(8)12(18)16-7-3-4-10(17)9(14)6-7/h1-6,17H,(H,16,18). The minimum atomic E-state index is -0.357. The molecular formula is C12H8BrClN2O2. The molecule has 2 rings (SSSR count). The number of carbonyl (C=O) groups is 1. The molecule has 0 spiro atoms. The summed E-state index contributed by atoms with van der Waals surface area (Å²) in [5.74, 6) is -0.391. The van der Waals surface area contributed by atoms with E-state index in [9.17, 15) is 9.90 Å². The predicted octanol–water partition coefficient (Wildman–Crippen LogP) is 3.46. The lowest BCUT2D eigenvalue weighted by atomic mass is 10.3. The second kappa shape index (κ2) is 5.37. The van der Waals surface area contributed by atoms with Crippen LogP contribution in [0.15, 0.2) is 41.0 Å². The van der Waals surface area contributed by atoms with Crippen LogP contribution < -0.4 is 5.32 Å². The number of rotatable bonds is 2. The van der Waals surface area contributed by atoms with Crippen LogP contribution in [0, 0.1) is 0 Å². The van der Waals surface area contributed by atoms with Crippen LogP contribution in [0.2, 0.25) is 5.02 Å². The zero-order valence-electron chi connectivity index (χ0n) is 9.02. The van der Waals surface area contributed by atoms with Gasteiger partial charge in [-0.15, -0.1) is 0 Å². The number of pyridine rings is 1. The van der Waals surface area contributed by atoms with Crippen LogP contribution in [0.5, 0.6) is 5.75 Å². The van der Waals surface area contributed by atoms with Gasteiger partial charge in [-0.05, 0) is 46.3 Å². The van der Waals surface area contributed by atoms with Gasteiger partial charge in [-0.1, -0.05) is 11.6 Å². The molecule has 1 amide bonds. The average molecular weight is 328 g/mol. The number of aromatic hydroxyl groups is 1. The van der Waals surface area contributed by atoms with Crippen molar-refractivity contribution in [3.63, 3.8) is 0 Å². The van der Waals surface area contributed by atoms with Gasteiger partial charge in [0, 0.05) is 16.4 Å². The summed E-state index contributed by atoms with van der Waals surface area (Å²) in [6.45, 7) is 0. The van der Waals surface area contributed by atoms with Crippen LogP contribution in [0.4, 0.5) is 5.69 Å². The van der Waals surface area contributed by atoms with E-state index in [0.29, 0.717) is 10.2 Å². The minimum absolute atomic E-state index is 0.0336. The molecular weight excluding hydrogens is 320 g/mol. The summed E-state index contributed by atoms with van der Waals surface area (Å²) < 4.78 is 0.604. The van der Waals surface area contributed by atoms with Crippen molar-refractivity contribution >= 4 is 39.1 Å². The molecule has 0 fully saturated rings. The third-order valence-corrected chi connectivity index (χ3v) is 3.12. The SMILES string of the molecule is O=C(Nc1ccc(O)c(Cl)c1)c1ncccc1Br. The first kappa shape index (κ1) is 12.9. The van der Waals surface area contributed by atoms with Gasteiger partial charge in [0.15, 0.2) is 0 Å².